The van der Waals surface area contributed by atoms with E-state index in [1.165, 1.54) is 24.6 Å². The van der Waals surface area contributed by atoms with Crippen LogP contribution in [-0.4, -0.2) is 36.5 Å². The predicted molar refractivity (Wildman–Crippen MR) is 151 cm³/mol. The van der Waals surface area contributed by atoms with Gasteiger partial charge in [0.15, 0.2) is 12.2 Å². The summed E-state index contributed by atoms with van der Waals surface area (Å²) in [5.74, 6) is -0.236. The van der Waals surface area contributed by atoms with Crippen molar-refractivity contribution in [2.24, 2.45) is 10.2 Å². The average Bonchev–Trinajstić information content (AvgIpc) is 2.88. The molecule has 38 heavy (non-hydrogen) atoms. The number of rotatable bonds is 10. The van der Waals surface area contributed by atoms with Gasteiger partial charge in [0.2, 0.25) is 0 Å². The van der Waals surface area contributed by atoms with Gasteiger partial charge in [0.25, 0.3) is 11.8 Å². The summed E-state index contributed by atoms with van der Waals surface area (Å²) < 4.78 is 11.1. The Kier molecular flexibility index (Phi) is 10.8. The van der Waals surface area contributed by atoms with Crippen molar-refractivity contribution in [3.05, 3.63) is 91.9 Å². The van der Waals surface area contributed by atoms with Crippen LogP contribution in [0, 0.1) is 0 Å². The number of nitrogens with one attached hydrogen (secondary N) is 2. The molecule has 0 heterocycles. The van der Waals surface area contributed by atoms with E-state index in [-0.39, 0.29) is 0 Å². The molecule has 0 bridgehead atoms. The molecule has 12 heteroatoms. The van der Waals surface area contributed by atoms with Crippen LogP contribution in [0.2, 0.25) is 20.1 Å². The zero-order valence-electron chi connectivity index (χ0n) is 20.1. The van der Waals surface area contributed by atoms with Crippen LogP contribution >= 0.6 is 46.4 Å². The van der Waals surface area contributed by atoms with E-state index in [9.17, 15) is 9.59 Å². The monoisotopic (exact) mass is 594 g/mol. The van der Waals surface area contributed by atoms with E-state index >= 15 is 0 Å². The van der Waals surface area contributed by atoms with Crippen molar-refractivity contribution in [3.8, 4) is 11.5 Å². The van der Waals surface area contributed by atoms with E-state index in [1.807, 2.05) is 0 Å². The highest BCUT2D eigenvalue weighted by Crippen LogP contribution is 2.29. The van der Waals surface area contributed by atoms with E-state index in [0.717, 1.165) is 11.1 Å². The summed E-state index contributed by atoms with van der Waals surface area (Å²) in [6.07, 6.45) is 1.28. The van der Waals surface area contributed by atoms with Crippen LogP contribution in [0.3, 0.4) is 0 Å². The molecule has 198 valence electrons. The van der Waals surface area contributed by atoms with Crippen molar-refractivity contribution in [1.29, 1.82) is 0 Å². The summed E-state index contributed by atoms with van der Waals surface area (Å²) in [6.45, 7) is 3.14. The minimum atomic E-state index is -0.837. The molecule has 0 fully saturated rings. The summed E-state index contributed by atoms with van der Waals surface area (Å²) in [5.41, 5.74) is 6.28. The van der Waals surface area contributed by atoms with E-state index in [2.05, 4.69) is 21.1 Å². The number of hydrogen-bond acceptors (Lipinski definition) is 6. The molecule has 2 amide bonds. The predicted octanol–water partition coefficient (Wildman–Crippen LogP) is 6.14. The third kappa shape index (κ3) is 8.92. The molecule has 3 aromatic carbocycles. The van der Waals surface area contributed by atoms with Gasteiger partial charge in [0.05, 0.1) is 22.5 Å². The molecular formula is C26H22Cl4N4O4. The number of carbonyl (C=O) groups excluding carboxylic acids is 2. The van der Waals surface area contributed by atoms with Gasteiger partial charge in [0.1, 0.15) is 11.5 Å². The first-order chi connectivity index (χ1) is 18.1. The molecule has 0 radical (unpaired) electrons. The Balaban J connectivity index is 1.45. The summed E-state index contributed by atoms with van der Waals surface area (Å²) >= 11 is 23.8. The fourth-order valence-electron chi connectivity index (χ4n) is 2.82. The van der Waals surface area contributed by atoms with Crippen molar-refractivity contribution in [1.82, 2.24) is 10.9 Å². The number of ether oxygens (including phenoxy) is 2. The van der Waals surface area contributed by atoms with Gasteiger partial charge in [-0.15, -0.1) is 0 Å². The van der Waals surface area contributed by atoms with Gasteiger partial charge in [-0.2, -0.15) is 10.2 Å². The molecule has 3 aromatic rings. The molecule has 2 unspecified atom stereocenters. The molecule has 2 N–H and O–H groups in total. The maximum Gasteiger partial charge on any atom is 0.280 e. The van der Waals surface area contributed by atoms with Crippen LogP contribution in [0.4, 0.5) is 0 Å². The van der Waals surface area contributed by atoms with Crippen LogP contribution in [0.5, 0.6) is 11.5 Å². The summed E-state index contributed by atoms with van der Waals surface area (Å²) in [5, 5.41) is 9.41. The van der Waals surface area contributed by atoms with Crippen LogP contribution in [-0.2, 0) is 9.59 Å². The normalized spacial score (nSPS) is 12.8. The van der Waals surface area contributed by atoms with Crippen molar-refractivity contribution < 1.29 is 19.1 Å². The summed E-state index contributed by atoms with van der Waals surface area (Å²) in [4.78, 5) is 24.5. The Hall–Kier alpha value is -3.30. The Morgan fingerprint density at radius 1 is 0.684 bits per heavy atom. The molecule has 0 aliphatic rings. The minimum Gasteiger partial charge on any atom is -0.479 e. The Morgan fingerprint density at radius 3 is 1.39 bits per heavy atom. The number of nitrogens with zero attached hydrogens (tertiary/aromatic N) is 2. The number of halogens is 4. The van der Waals surface area contributed by atoms with Gasteiger partial charge in [-0.1, -0.05) is 70.7 Å². The van der Waals surface area contributed by atoms with Gasteiger partial charge in [-0.25, -0.2) is 10.9 Å². The lowest BCUT2D eigenvalue weighted by atomic mass is 10.2. The first-order valence-electron chi connectivity index (χ1n) is 11.1. The maximum atomic E-state index is 12.2. The minimum absolute atomic E-state index is 0.301. The van der Waals surface area contributed by atoms with E-state index in [0.29, 0.717) is 31.6 Å². The van der Waals surface area contributed by atoms with Crippen molar-refractivity contribution in [2.45, 2.75) is 26.1 Å². The molecule has 0 aliphatic carbocycles. The highest BCUT2D eigenvalue weighted by atomic mass is 35.5. The SMILES string of the molecule is CC(Oc1ccc(Cl)cc1Cl)C(=O)N/N=C/c1ccc(/C=N/NC(=O)C(C)Oc2ccc(Cl)cc2Cl)cc1. The summed E-state index contributed by atoms with van der Waals surface area (Å²) in [7, 11) is 0. The topological polar surface area (TPSA) is 101 Å². The lowest BCUT2D eigenvalue weighted by molar-refractivity contribution is -0.127. The van der Waals surface area contributed by atoms with Gasteiger partial charge in [-0.05, 0) is 61.4 Å². The van der Waals surface area contributed by atoms with Gasteiger partial charge in [0, 0.05) is 10.0 Å². The van der Waals surface area contributed by atoms with Crippen molar-refractivity contribution in [3.63, 3.8) is 0 Å². The lowest BCUT2D eigenvalue weighted by Crippen LogP contribution is -2.33. The van der Waals surface area contributed by atoms with Gasteiger partial charge < -0.3 is 9.47 Å². The largest absolute Gasteiger partial charge is 0.479 e. The Bertz CT molecular complexity index is 1250. The Morgan fingerprint density at radius 2 is 1.05 bits per heavy atom. The van der Waals surface area contributed by atoms with Gasteiger partial charge in [-0.3, -0.25) is 9.59 Å². The first kappa shape index (κ1) is 29.3. The molecule has 0 saturated carbocycles. The smallest absolute Gasteiger partial charge is 0.280 e. The Labute approximate surface area is 239 Å². The lowest BCUT2D eigenvalue weighted by Gasteiger charge is -2.14. The highest BCUT2D eigenvalue weighted by Gasteiger charge is 2.16. The number of hydrogen-bond donors (Lipinski definition) is 2. The molecule has 0 spiro atoms. The zero-order valence-corrected chi connectivity index (χ0v) is 23.1. The first-order valence-corrected chi connectivity index (χ1v) is 12.6. The second kappa shape index (κ2) is 14.0. The van der Waals surface area contributed by atoms with Gasteiger partial charge >= 0.3 is 0 Å². The van der Waals surface area contributed by atoms with Crippen LogP contribution < -0.4 is 20.3 Å². The second-order valence-corrected chi connectivity index (χ2v) is 9.49. The van der Waals surface area contributed by atoms with Crippen LogP contribution in [0.1, 0.15) is 25.0 Å². The van der Waals surface area contributed by atoms with Crippen molar-refractivity contribution >= 4 is 70.6 Å². The molecule has 8 nitrogen and oxygen atoms in total. The standard InChI is InChI=1S/C26H22Cl4N4O4/c1-15(37-23-9-7-19(27)11-21(23)29)25(35)33-31-13-17-3-5-18(6-4-17)14-32-34-26(36)16(2)38-24-10-8-20(28)12-22(24)30/h3-16H,1-2H3,(H,33,35)(H,34,36)/b31-13+,32-14+. The maximum absolute atomic E-state index is 12.2. The average molecular weight is 596 g/mol. The molecule has 0 aromatic heterocycles. The number of hydrazone groups is 2. The molecule has 3 rings (SSSR count). The van der Waals surface area contributed by atoms with E-state index < -0.39 is 24.0 Å². The number of benzene rings is 3. The fourth-order valence-corrected chi connectivity index (χ4v) is 3.73. The third-order valence-electron chi connectivity index (χ3n) is 4.85. The number of carbonyl (C=O) groups is 2. The van der Waals surface area contributed by atoms with E-state index in [1.54, 1.807) is 62.4 Å². The number of amides is 2. The molecule has 2 atom stereocenters. The molecule has 0 saturated heterocycles. The van der Waals surface area contributed by atoms with Crippen LogP contribution in [0.25, 0.3) is 0 Å². The molecular weight excluding hydrogens is 574 g/mol. The fraction of sp³-hybridized carbons (Fsp3) is 0.154. The second-order valence-electron chi connectivity index (χ2n) is 7.80. The zero-order chi connectivity index (χ0) is 27.7. The summed E-state index contributed by atoms with van der Waals surface area (Å²) in [6, 6.07) is 16.5. The van der Waals surface area contributed by atoms with Crippen molar-refractivity contribution in [2.75, 3.05) is 0 Å². The highest BCUT2D eigenvalue weighted by molar-refractivity contribution is 6.36. The third-order valence-corrected chi connectivity index (χ3v) is 5.91. The molecule has 0 aliphatic heterocycles. The van der Waals surface area contributed by atoms with E-state index in [4.69, 9.17) is 55.9 Å². The van der Waals surface area contributed by atoms with Crippen LogP contribution in [0.15, 0.2) is 70.9 Å². The quantitative estimate of drug-likeness (QED) is 0.217.